The second kappa shape index (κ2) is 9.87. The number of carbonyl (C=O) groups is 2. The second-order valence-electron chi connectivity index (χ2n) is 8.33. The molecule has 9 heteroatoms. The molecule has 176 valence electrons. The molecule has 2 amide bonds. The molecule has 2 aliphatic heterocycles. The molecule has 0 bridgehead atoms. The summed E-state index contributed by atoms with van der Waals surface area (Å²) in [5, 5.41) is 2.97. The Kier molecular flexibility index (Phi) is 7.11. The van der Waals surface area contributed by atoms with Crippen molar-refractivity contribution in [3.63, 3.8) is 0 Å². The van der Waals surface area contributed by atoms with Gasteiger partial charge in [-0.3, -0.25) is 9.59 Å². The lowest BCUT2D eigenvalue weighted by molar-refractivity contribution is -0.121. The molecular weight excluding hydrogens is 458 g/mol. The number of nitrogens with zero attached hydrogens (tertiary/aromatic N) is 2. The van der Waals surface area contributed by atoms with Crippen LogP contribution in [0, 0.1) is 6.92 Å². The van der Waals surface area contributed by atoms with Gasteiger partial charge in [-0.25, -0.2) is 8.42 Å². The summed E-state index contributed by atoms with van der Waals surface area (Å²) in [7, 11) is -3.63. The lowest BCUT2D eigenvalue weighted by Gasteiger charge is -2.24. The molecule has 2 aromatic rings. The van der Waals surface area contributed by atoms with Crippen LogP contribution < -0.4 is 10.2 Å². The van der Waals surface area contributed by atoms with Crippen LogP contribution in [0.4, 0.5) is 11.4 Å². The van der Waals surface area contributed by atoms with Crippen molar-refractivity contribution in [2.75, 3.05) is 35.6 Å². The second-order valence-corrected chi connectivity index (χ2v) is 11.4. The molecule has 0 saturated carbocycles. The third-order valence-corrected chi connectivity index (χ3v) is 9.06. The highest BCUT2D eigenvalue weighted by atomic mass is 32.2. The van der Waals surface area contributed by atoms with Gasteiger partial charge in [0.2, 0.25) is 21.8 Å². The maximum atomic E-state index is 13.1. The number of thioether (sulfide) groups is 1. The Balaban J connectivity index is 1.64. The quantitative estimate of drug-likeness (QED) is 0.670. The number of anilines is 2. The van der Waals surface area contributed by atoms with Crippen molar-refractivity contribution in [3.05, 3.63) is 47.5 Å². The predicted octanol–water partition coefficient (Wildman–Crippen LogP) is 3.81. The maximum Gasteiger partial charge on any atom is 0.244 e. The van der Waals surface area contributed by atoms with Crippen LogP contribution in [0.1, 0.15) is 37.3 Å². The molecule has 0 spiro atoms. The van der Waals surface area contributed by atoms with E-state index in [2.05, 4.69) is 5.32 Å². The van der Waals surface area contributed by atoms with E-state index >= 15 is 0 Å². The number of carbonyl (C=O) groups excluding carboxylic acids is 2. The van der Waals surface area contributed by atoms with Crippen molar-refractivity contribution in [3.8, 4) is 0 Å². The van der Waals surface area contributed by atoms with Gasteiger partial charge in [-0.1, -0.05) is 25.1 Å². The molecule has 2 aliphatic rings. The van der Waals surface area contributed by atoms with Crippen LogP contribution in [0.2, 0.25) is 0 Å². The first-order chi connectivity index (χ1) is 15.8. The summed E-state index contributed by atoms with van der Waals surface area (Å²) >= 11 is 1.51. The van der Waals surface area contributed by atoms with Gasteiger partial charge in [0.05, 0.1) is 10.6 Å². The lowest BCUT2D eigenvalue weighted by Crippen LogP contribution is -2.38. The average Bonchev–Trinajstić information content (AvgIpc) is 3.30. The molecule has 1 N–H and O–H groups in total. The SMILES string of the molecule is CCc1cccc(C)c1NC(=O)CN1C(=O)CCSc2ccc(S(=O)(=O)N3CCCC3)cc21. The van der Waals surface area contributed by atoms with Gasteiger partial charge in [0.15, 0.2) is 0 Å². The summed E-state index contributed by atoms with van der Waals surface area (Å²) in [6, 6.07) is 10.8. The van der Waals surface area contributed by atoms with Crippen molar-refractivity contribution < 1.29 is 18.0 Å². The first-order valence-corrected chi connectivity index (χ1v) is 13.7. The molecule has 0 aromatic heterocycles. The molecule has 2 aromatic carbocycles. The third-order valence-electron chi connectivity index (χ3n) is 6.10. The largest absolute Gasteiger partial charge is 0.324 e. The number of para-hydroxylation sites is 1. The van der Waals surface area contributed by atoms with E-state index in [0.717, 1.165) is 41.0 Å². The Labute approximate surface area is 199 Å². The van der Waals surface area contributed by atoms with Crippen LogP contribution >= 0.6 is 11.8 Å². The number of nitrogens with one attached hydrogen (secondary N) is 1. The van der Waals surface area contributed by atoms with Gasteiger partial charge in [0.25, 0.3) is 0 Å². The zero-order chi connectivity index (χ0) is 23.6. The summed E-state index contributed by atoms with van der Waals surface area (Å²) in [6.45, 7) is 4.81. The van der Waals surface area contributed by atoms with Crippen LogP contribution in [0.25, 0.3) is 0 Å². The van der Waals surface area contributed by atoms with Crippen LogP contribution in [0.5, 0.6) is 0 Å². The van der Waals surface area contributed by atoms with Gasteiger partial charge >= 0.3 is 0 Å². The Hall–Kier alpha value is -2.36. The van der Waals surface area contributed by atoms with E-state index in [4.69, 9.17) is 0 Å². The van der Waals surface area contributed by atoms with Gasteiger partial charge in [-0.05, 0) is 55.5 Å². The summed E-state index contributed by atoms with van der Waals surface area (Å²) in [6.07, 6.45) is 2.76. The topological polar surface area (TPSA) is 86.8 Å². The fourth-order valence-corrected chi connectivity index (χ4v) is 6.80. The van der Waals surface area contributed by atoms with Gasteiger partial charge in [-0.2, -0.15) is 4.31 Å². The Bertz CT molecular complexity index is 1170. The fraction of sp³-hybridized carbons (Fsp3) is 0.417. The molecular formula is C24H29N3O4S2. The third kappa shape index (κ3) is 4.95. The summed E-state index contributed by atoms with van der Waals surface area (Å²) in [5.41, 5.74) is 3.24. The van der Waals surface area contributed by atoms with E-state index in [-0.39, 0.29) is 29.7 Å². The fourth-order valence-electron chi connectivity index (χ4n) is 4.28. The molecule has 1 saturated heterocycles. The summed E-state index contributed by atoms with van der Waals surface area (Å²) in [4.78, 5) is 28.4. The van der Waals surface area contributed by atoms with E-state index < -0.39 is 10.0 Å². The minimum Gasteiger partial charge on any atom is -0.324 e. The number of fused-ring (bicyclic) bond motifs is 1. The molecule has 2 heterocycles. The van der Waals surface area contributed by atoms with Gasteiger partial charge in [0, 0.05) is 35.8 Å². The van der Waals surface area contributed by atoms with E-state index in [1.807, 2.05) is 32.0 Å². The number of aryl methyl sites for hydroxylation is 2. The minimum absolute atomic E-state index is 0.163. The van der Waals surface area contributed by atoms with Crippen molar-refractivity contribution in [1.82, 2.24) is 4.31 Å². The smallest absolute Gasteiger partial charge is 0.244 e. The van der Waals surface area contributed by atoms with E-state index in [1.54, 1.807) is 18.2 Å². The van der Waals surface area contributed by atoms with Gasteiger partial charge in [-0.15, -0.1) is 11.8 Å². The first-order valence-electron chi connectivity index (χ1n) is 11.3. The monoisotopic (exact) mass is 487 g/mol. The van der Waals surface area contributed by atoms with Crippen LogP contribution in [0.15, 0.2) is 46.2 Å². The molecule has 7 nitrogen and oxygen atoms in total. The van der Waals surface area contributed by atoms with Gasteiger partial charge in [0.1, 0.15) is 6.54 Å². The van der Waals surface area contributed by atoms with Crippen LogP contribution in [-0.4, -0.2) is 49.9 Å². The molecule has 0 atom stereocenters. The highest BCUT2D eigenvalue weighted by Crippen LogP contribution is 2.37. The predicted molar refractivity (Wildman–Crippen MR) is 131 cm³/mol. The van der Waals surface area contributed by atoms with Crippen molar-refractivity contribution in [2.24, 2.45) is 0 Å². The van der Waals surface area contributed by atoms with E-state index in [9.17, 15) is 18.0 Å². The molecule has 0 radical (unpaired) electrons. The summed E-state index contributed by atoms with van der Waals surface area (Å²) < 4.78 is 27.7. The number of sulfonamides is 1. The normalized spacial score (nSPS) is 17.0. The number of benzene rings is 2. The average molecular weight is 488 g/mol. The number of hydrogen-bond donors (Lipinski definition) is 1. The number of rotatable bonds is 6. The highest BCUT2D eigenvalue weighted by molar-refractivity contribution is 7.99. The number of hydrogen-bond acceptors (Lipinski definition) is 5. The number of amides is 2. The van der Waals surface area contributed by atoms with Crippen LogP contribution in [0.3, 0.4) is 0 Å². The van der Waals surface area contributed by atoms with E-state index in [0.29, 0.717) is 24.5 Å². The molecule has 1 fully saturated rings. The zero-order valence-electron chi connectivity index (χ0n) is 19.0. The first kappa shape index (κ1) is 23.8. The molecule has 33 heavy (non-hydrogen) atoms. The van der Waals surface area contributed by atoms with Crippen molar-refractivity contribution in [2.45, 2.75) is 49.3 Å². The van der Waals surface area contributed by atoms with Crippen molar-refractivity contribution in [1.29, 1.82) is 0 Å². The molecule has 0 aliphatic carbocycles. The minimum atomic E-state index is -3.63. The lowest BCUT2D eigenvalue weighted by atomic mass is 10.1. The zero-order valence-corrected chi connectivity index (χ0v) is 20.6. The molecule has 4 rings (SSSR count). The van der Waals surface area contributed by atoms with E-state index in [1.165, 1.54) is 21.0 Å². The maximum absolute atomic E-state index is 13.1. The highest BCUT2D eigenvalue weighted by Gasteiger charge is 2.31. The standard InChI is InChI=1S/C24H29N3O4S2/c1-3-18-8-6-7-17(2)24(18)25-22(28)16-27-20-15-19(33(30,31)26-12-4-5-13-26)9-10-21(20)32-14-11-23(27)29/h6-10,15H,3-5,11-14,16H2,1-2H3,(H,25,28). The van der Waals surface area contributed by atoms with Crippen molar-refractivity contribution >= 4 is 45.0 Å². The Morgan fingerprint density at radius 2 is 1.91 bits per heavy atom. The molecule has 0 unspecified atom stereocenters. The van der Waals surface area contributed by atoms with Crippen LogP contribution in [-0.2, 0) is 26.0 Å². The Morgan fingerprint density at radius 1 is 1.15 bits per heavy atom. The Morgan fingerprint density at radius 3 is 2.64 bits per heavy atom. The van der Waals surface area contributed by atoms with Gasteiger partial charge < -0.3 is 10.2 Å². The summed E-state index contributed by atoms with van der Waals surface area (Å²) in [5.74, 6) is 0.0885.